The van der Waals surface area contributed by atoms with Gasteiger partial charge in [-0.15, -0.1) is 0 Å². The second-order valence-corrected chi connectivity index (χ2v) is 7.85. The number of hydrogen-bond acceptors (Lipinski definition) is 5. The Bertz CT molecular complexity index is 688. The van der Waals surface area contributed by atoms with Crippen LogP contribution in [0.5, 0.6) is 5.75 Å². The van der Waals surface area contributed by atoms with Crippen LogP contribution in [0.25, 0.3) is 0 Å². The topological polar surface area (TPSA) is 62.6 Å². The number of nitrogens with one attached hydrogen (secondary N) is 1. The van der Waals surface area contributed by atoms with Gasteiger partial charge in [0.2, 0.25) is 0 Å². The van der Waals surface area contributed by atoms with Crippen molar-refractivity contribution in [1.82, 2.24) is 19.8 Å². The average molecular weight is 407 g/mol. The number of benzene rings is 1. The lowest BCUT2D eigenvalue weighted by Crippen LogP contribution is -2.36. The molecule has 1 atom stereocenters. The predicted molar refractivity (Wildman–Crippen MR) is 112 cm³/mol. The Morgan fingerprint density at radius 3 is 2.79 bits per heavy atom. The predicted octanol–water partition coefficient (Wildman–Crippen LogP) is 2.94. The summed E-state index contributed by atoms with van der Waals surface area (Å²) in [6, 6.07) is 5.63. The fraction of sp³-hybridized carbons (Fsp3) is 0.571. The Hall–Kier alpha value is -1.60. The van der Waals surface area contributed by atoms with Gasteiger partial charge < -0.3 is 24.6 Å². The molecule has 1 aromatic carbocycles. The summed E-state index contributed by atoms with van der Waals surface area (Å²) in [5.74, 6) is 0.773. The Morgan fingerprint density at radius 1 is 1.21 bits per heavy atom. The molecule has 1 unspecified atom stereocenters. The van der Waals surface area contributed by atoms with Crippen molar-refractivity contribution in [3.05, 3.63) is 47.5 Å². The number of rotatable bonds is 10. The van der Waals surface area contributed by atoms with E-state index in [4.69, 9.17) is 16.3 Å². The van der Waals surface area contributed by atoms with Crippen molar-refractivity contribution < 1.29 is 9.84 Å². The van der Waals surface area contributed by atoms with E-state index in [0.717, 1.165) is 37.5 Å². The van der Waals surface area contributed by atoms with Gasteiger partial charge in [0, 0.05) is 49.2 Å². The zero-order valence-corrected chi connectivity index (χ0v) is 17.2. The number of nitrogens with zero attached hydrogens (tertiary/aromatic N) is 3. The molecule has 1 aromatic heterocycles. The van der Waals surface area contributed by atoms with Crippen LogP contribution in [-0.2, 0) is 13.1 Å². The van der Waals surface area contributed by atoms with E-state index in [-0.39, 0.29) is 0 Å². The lowest BCUT2D eigenvalue weighted by molar-refractivity contribution is 0.0690. The maximum atomic E-state index is 10.4. The number of β-amino-alcohol motifs (C(OH)–C–C–N with tert-alkyl or cyclic N) is 1. The third-order valence-electron chi connectivity index (χ3n) is 5.04. The van der Waals surface area contributed by atoms with Crippen LogP contribution in [0.4, 0.5) is 0 Å². The van der Waals surface area contributed by atoms with Crippen molar-refractivity contribution in [3.63, 3.8) is 0 Å². The molecule has 7 heteroatoms. The van der Waals surface area contributed by atoms with Gasteiger partial charge in [-0.25, -0.2) is 4.98 Å². The average Bonchev–Trinajstić information content (AvgIpc) is 3.08. The molecule has 0 saturated carbocycles. The number of aromatic nitrogens is 2. The van der Waals surface area contributed by atoms with Crippen LogP contribution >= 0.6 is 11.6 Å². The molecule has 2 heterocycles. The van der Waals surface area contributed by atoms with Crippen LogP contribution in [0.3, 0.4) is 0 Å². The Kier molecular flexibility index (Phi) is 8.61. The molecule has 1 saturated heterocycles. The number of halogens is 1. The highest BCUT2D eigenvalue weighted by Gasteiger charge is 2.15. The Labute approximate surface area is 172 Å². The highest BCUT2D eigenvalue weighted by molar-refractivity contribution is 6.30. The minimum absolute atomic E-state index is 0.292. The third-order valence-corrected chi connectivity index (χ3v) is 5.28. The zero-order chi connectivity index (χ0) is 19.6. The third kappa shape index (κ3) is 7.09. The van der Waals surface area contributed by atoms with E-state index < -0.39 is 6.10 Å². The summed E-state index contributed by atoms with van der Waals surface area (Å²) in [4.78, 5) is 6.39. The second kappa shape index (κ2) is 11.4. The SMILES string of the molecule is OC(COc1ccc(Cl)cc1CNCCn1ccnc1)CN1CCCCCC1. The number of hydrogen-bond donors (Lipinski definition) is 2. The van der Waals surface area contributed by atoms with Gasteiger partial charge in [0.25, 0.3) is 0 Å². The first-order valence-electron chi connectivity index (χ1n) is 10.2. The normalized spacial score (nSPS) is 16.6. The van der Waals surface area contributed by atoms with Crippen molar-refractivity contribution in [1.29, 1.82) is 0 Å². The molecular formula is C21H31ClN4O2. The molecule has 1 aliphatic heterocycles. The number of ether oxygens (including phenoxy) is 1. The summed E-state index contributed by atoms with van der Waals surface area (Å²) in [5, 5.41) is 14.5. The summed E-state index contributed by atoms with van der Waals surface area (Å²) in [5.41, 5.74) is 1.00. The van der Waals surface area contributed by atoms with E-state index in [9.17, 15) is 5.11 Å². The summed E-state index contributed by atoms with van der Waals surface area (Å²) in [6.07, 6.45) is 10.1. The van der Waals surface area contributed by atoms with Crippen molar-refractivity contribution >= 4 is 11.6 Å². The molecule has 3 rings (SSSR count). The van der Waals surface area contributed by atoms with Crippen LogP contribution in [-0.4, -0.2) is 58.4 Å². The lowest BCUT2D eigenvalue weighted by atomic mass is 10.2. The van der Waals surface area contributed by atoms with E-state index >= 15 is 0 Å². The van der Waals surface area contributed by atoms with Crippen LogP contribution in [0.15, 0.2) is 36.9 Å². The van der Waals surface area contributed by atoms with Gasteiger partial charge in [0.1, 0.15) is 18.5 Å². The molecular weight excluding hydrogens is 376 g/mol. The molecule has 0 aliphatic carbocycles. The number of aliphatic hydroxyl groups excluding tert-OH is 1. The van der Waals surface area contributed by atoms with Gasteiger partial charge in [-0.2, -0.15) is 0 Å². The summed E-state index contributed by atoms with van der Waals surface area (Å²) in [6.45, 7) is 5.44. The maximum absolute atomic E-state index is 10.4. The van der Waals surface area contributed by atoms with E-state index in [1.165, 1.54) is 25.7 Å². The quantitative estimate of drug-likeness (QED) is 0.594. The van der Waals surface area contributed by atoms with Gasteiger partial charge in [-0.1, -0.05) is 24.4 Å². The van der Waals surface area contributed by atoms with Crippen LogP contribution in [0, 0.1) is 0 Å². The number of aliphatic hydroxyl groups is 1. The summed E-state index contributed by atoms with van der Waals surface area (Å²) < 4.78 is 7.97. The standard InChI is InChI=1S/C21H31ClN4O2/c22-19-5-6-21(18(13-19)14-23-7-11-26-12-8-24-17-26)28-16-20(27)15-25-9-3-1-2-4-10-25/h5-6,8,12-13,17,20,23,27H,1-4,7,9-11,14-16H2. The summed E-state index contributed by atoms with van der Waals surface area (Å²) >= 11 is 6.17. The fourth-order valence-electron chi connectivity index (χ4n) is 3.53. The van der Waals surface area contributed by atoms with Crippen molar-refractivity contribution in [3.8, 4) is 5.75 Å². The Balaban J connectivity index is 1.45. The van der Waals surface area contributed by atoms with Crippen LogP contribution in [0.2, 0.25) is 5.02 Å². The molecule has 2 N–H and O–H groups in total. The smallest absolute Gasteiger partial charge is 0.124 e. The van der Waals surface area contributed by atoms with Gasteiger partial charge in [0.05, 0.1) is 6.33 Å². The minimum atomic E-state index is -0.490. The molecule has 28 heavy (non-hydrogen) atoms. The minimum Gasteiger partial charge on any atom is -0.491 e. The first-order chi connectivity index (χ1) is 13.7. The first-order valence-corrected chi connectivity index (χ1v) is 10.6. The zero-order valence-electron chi connectivity index (χ0n) is 16.4. The van der Waals surface area contributed by atoms with E-state index in [1.807, 2.05) is 29.0 Å². The fourth-order valence-corrected chi connectivity index (χ4v) is 3.73. The Morgan fingerprint density at radius 2 is 2.04 bits per heavy atom. The van der Waals surface area contributed by atoms with E-state index in [1.54, 1.807) is 12.5 Å². The van der Waals surface area contributed by atoms with Crippen molar-refractivity contribution in [2.45, 2.75) is 44.9 Å². The van der Waals surface area contributed by atoms with Crippen molar-refractivity contribution in [2.75, 3.05) is 32.8 Å². The molecule has 0 amide bonds. The molecule has 0 spiro atoms. The molecule has 2 aromatic rings. The van der Waals surface area contributed by atoms with Gasteiger partial charge in [-0.3, -0.25) is 0 Å². The molecule has 1 aliphatic rings. The maximum Gasteiger partial charge on any atom is 0.124 e. The van der Waals surface area contributed by atoms with Gasteiger partial charge in [0.15, 0.2) is 0 Å². The van der Waals surface area contributed by atoms with Gasteiger partial charge >= 0.3 is 0 Å². The van der Waals surface area contributed by atoms with Crippen LogP contribution in [0.1, 0.15) is 31.2 Å². The van der Waals surface area contributed by atoms with Crippen LogP contribution < -0.4 is 10.1 Å². The highest BCUT2D eigenvalue weighted by Crippen LogP contribution is 2.23. The van der Waals surface area contributed by atoms with Gasteiger partial charge in [-0.05, 0) is 44.1 Å². The first kappa shape index (κ1) is 21.1. The monoisotopic (exact) mass is 406 g/mol. The largest absolute Gasteiger partial charge is 0.491 e. The number of likely N-dealkylation sites (tertiary alicyclic amines) is 1. The molecule has 154 valence electrons. The molecule has 0 bridgehead atoms. The summed E-state index contributed by atoms with van der Waals surface area (Å²) in [7, 11) is 0. The van der Waals surface area contributed by atoms with Crippen molar-refractivity contribution in [2.24, 2.45) is 0 Å². The highest BCUT2D eigenvalue weighted by atomic mass is 35.5. The lowest BCUT2D eigenvalue weighted by Gasteiger charge is -2.23. The number of imidazole rings is 1. The molecule has 1 fully saturated rings. The second-order valence-electron chi connectivity index (χ2n) is 7.41. The van der Waals surface area contributed by atoms with E-state index in [2.05, 4.69) is 15.2 Å². The molecule has 6 nitrogen and oxygen atoms in total. The van der Waals surface area contributed by atoms with E-state index in [0.29, 0.717) is 24.7 Å². The molecule has 0 radical (unpaired) electrons.